The van der Waals surface area contributed by atoms with E-state index < -0.39 is 44.1 Å². The van der Waals surface area contributed by atoms with Crippen LogP contribution in [0.15, 0.2) is 35.1 Å². The van der Waals surface area contributed by atoms with Crippen LogP contribution in [0, 0.1) is 11.2 Å². The van der Waals surface area contributed by atoms with Crippen LogP contribution in [0.3, 0.4) is 0 Å². The van der Waals surface area contributed by atoms with Gasteiger partial charge in [-0.1, -0.05) is 23.7 Å². The fraction of sp³-hybridized carbons (Fsp3) is 0.409. The number of nitrogens with zero attached hydrogens (tertiary/aromatic N) is 2. The Balaban J connectivity index is 1.52. The van der Waals surface area contributed by atoms with E-state index in [9.17, 15) is 27.2 Å². The molecule has 1 aliphatic heterocycles. The van der Waals surface area contributed by atoms with Gasteiger partial charge in [-0.2, -0.15) is 0 Å². The second kappa shape index (κ2) is 8.57. The number of carbonyl (C=O) groups excluding carboxylic acids is 2. The topological polar surface area (TPSA) is 106 Å². The van der Waals surface area contributed by atoms with Crippen molar-refractivity contribution < 1.29 is 22.4 Å². The van der Waals surface area contributed by atoms with Crippen molar-refractivity contribution in [3.05, 3.63) is 68.3 Å². The van der Waals surface area contributed by atoms with Crippen LogP contribution in [0.25, 0.3) is 0 Å². The van der Waals surface area contributed by atoms with Gasteiger partial charge in [0.05, 0.1) is 5.75 Å². The third kappa shape index (κ3) is 5.11. The minimum absolute atomic E-state index is 0.0179. The van der Waals surface area contributed by atoms with Gasteiger partial charge in [-0.05, 0) is 36.6 Å². The number of fused-ring (bicyclic) bond motifs is 1. The van der Waals surface area contributed by atoms with E-state index in [1.54, 1.807) is 24.3 Å². The van der Waals surface area contributed by atoms with Crippen LogP contribution in [0.2, 0.25) is 5.02 Å². The molecule has 176 valence electrons. The summed E-state index contributed by atoms with van der Waals surface area (Å²) in [5, 5.41) is 3.12. The molecule has 0 bridgehead atoms. The molecule has 8 nitrogen and oxygen atoms in total. The summed E-state index contributed by atoms with van der Waals surface area (Å²) in [5.41, 5.74) is -1.30. The highest BCUT2D eigenvalue weighted by Gasteiger charge is 2.48. The SMILES string of the molecule is CS(=O)(=O)CC1(CN2CCn3c(c(F)cc(C(=O)NCc4ccc(Cl)cc4)c3=O)C2=O)CC1. The molecule has 0 unspecified atom stereocenters. The van der Waals surface area contributed by atoms with Crippen molar-refractivity contribution in [1.82, 2.24) is 14.8 Å². The summed E-state index contributed by atoms with van der Waals surface area (Å²) in [6.07, 6.45) is 2.50. The number of hydrogen-bond acceptors (Lipinski definition) is 5. The third-order valence-corrected chi connectivity index (χ3v) is 7.38. The van der Waals surface area contributed by atoms with Crippen molar-refractivity contribution in [2.24, 2.45) is 5.41 Å². The van der Waals surface area contributed by atoms with Crippen molar-refractivity contribution in [1.29, 1.82) is 0 Å². The predicted octanol–water partition coefficient (Wildman–Crippen LogP) is 1.85. The maximum atomic E-state index is 14.9. The summed E-state index contributed by atoms with van der Waals surface area (Å²) >= 11 is 5.83. The monoisotopic (exact) mass is 495 g/mol. The molecule has 1 fully saturated rings. The second-order valence-corrected chi connectivity index (χ2v) is 11.4. The zero-order chi connectivity index (χ0) is 24.0. The fourth-order valence-corrected chi connectivity index (χ4v) is 5.83. The lowest BCUT2D eigenvalue weighted by atomic mass is 10.1. The van der Waals surface area contributed by atoms with E-state index in [2.05, 4.69) is 5.32 Å². The van der Waals surface area contributed by atoms with E-state index >= 15 is 0 Å². The van der Waals surface area contributed by atoms with Crippen molar-refractivity contribution in [2.45, 2.75) is 25.9 Å². The lowest BCUT2D eigenvalue weighted by molar-refractivity contribution is 0.0656. The summed E-state index contributed by atoms with van der Waals surface area (Å²) in [7, 11) is -3.22. The molecule has 0 spiro atoms. The number of hydrogen-bond donors (Lipinski definition) is 1. The number of amides is 2. The Morgan fingerprint density at radius 2 is 1.85 bits per heavy atom. The fourth-order valence-electron chi connectivity index (χ4n) is 4.21. The van der Waals surface area contributed by atoms with E-state index in [-0.39, 0.29) is 37.5 Å². The minimum atomic E-state index is -3.22. The zero-order valence-electron chi connectivity index (χ0n) is 17.9. The number of sulfone groups is 1. The van der Waals surface area contributed by atoms with Gasteiger partial charge in [0, 0.05) is 42.9 Å². The molecule has 11 heteroatoms. The van der Waals surface area contributed by atoms with Gasteiger partial charge in [0.15, 0.2) is 5.82 Å². The molecule has 1 N–H and O–H groups in total. The van der Waals surface area contributed by atoms with Crippen molar-refractivity contribution in [3.8, 4) is 0 Å². The summed E-state index contributed by atoms with van der Waals surface area (Å²) in [4.78, 5) is 39.8. The first kappa shape index (κ1) is 23.4. The predicted molar refractivity (Wildman–Crippen MR) is 121 cm³/mol. The highest BCUT2D eigenvalue weighted by Crippen LogP contribution is 2.47. The highest BCUT2D eigenvalue weighted by atomic mass is 35.5. The standard InChI is InChI=1S/C22H23ClFN3O5S/c1-33(31,32)13-22(6-7-22)12-26-8-9-27-18(21(26)30)17(24)10-16(20(27)29)19(28)25-11-14-2-4-15(23)5-3-14/h2-5,10H,6-9,11-13H2,1H3,(H,25,28). The molecule has 2 aromatic rings. The normalized spacial score (nSPS) is 16.9. The van der Waals surface area contributed by atoms with Crippen LogP contribution in [0.5, 0.6) is 0 Å². The molecule has 1 aromatic carbocycles. The third-order valence-electron chi connectivity index (χ3n) is 5.99. The molecule has 2 heterocycles. The van der Waals surface area contributed by atoms with Gasteiger partial charge in [0.25, 0.3) is 17.4 Å². The minimum Gasteiger partial charge on any atom is -0.348 e. The molecular weight excluding hydrogens is 473 g/mol. The molecule has 1 aliphatic carbocycles. The number of halogens is 2. The van der Waals surface area contributed by atoms with Gasteiger partial charge in [0.2, 0.25) is 0 Å². The summed E-state index contributed by atoms with van der Waals surface area (Å²) in [6.45, 7) is 0.459. The lowest BCUT2D eigenvalue weighted by Gasteiger charge is -2.32. The maximum Gasteiger partial charge on any atom is 0.273 e. The van der Waals surface area contributed by atoms with Crippen LogP contribution in [-0.2, 0) is 22.9 Å². The lowest BCUT2D eigenvalue weighted by Crippen LogP contribution is -2.49. The number of carbonyl (C=O) groups is 2. The molecule has 2 amide bonds. The number of nitrogens with one attached hydrogen (secondary N) is 1. The quantitative estimate of drug-likeness (QED) is 0.631. The van der Waals surface area contributed by atoms with E-state index in [0.717, 1.165) is 22.5 Å². The van der Waals surface area contributed by atoms with E-state index in [1.807, 2.05) is 0 Å². The van der Waals surface area contributed by atoms with Gasteiger partial charge in [0.1, 0.15) is 21.1 Å². The Morgan fingerprint density at radius 3 is 2.45 bits per heavy atom. The Labute approximate surface area is 195 Å². The average Bonchev–Trinajstić information content (AvgIpc) is 3.48. The molecule has 0 radical (unpaired) electrons. The largest absolute Gasteiger partial charge is 0.348 e. The van der Waals surface area contributed by atoms with Crippen molar-refractivity contribution in [2.75, 3.05) is 25.1 Å². The van der Waals surface area contributed by atoms with Crippen molar-refractivity contribution >= 4 is 33.3 Å². The summed E-state index contributed by atoms with van der Waals surface area (Å²) < 4.78 is 39.3. The first-order valence-corrected chi connectivity index (χ1v) is 12.8. The molecule has 1 saturated carbocycles. The molecule has 2 aliphatic rings. The first-order chi connectivity index (χ1) is 15.5. The van der Waals surface area contributed by atoms with Gasteiger partial charge < -0.3 is 10.2 Å². The first-order valence-electron chi connectivity index (χ1n) is 10.4. The molecule has 33 heavy (non-hydrogen) atoms. The number of pyridine rings is 1. The Kier molecular flexibility index (Phi) is 6.09. The Hall–Kier alpha value is -2.72. The van der Waals surface area contributed by atoms with Crippen LogP contribution in [0.1, 0.15) is 39.3 Å². The summed E-state index contributed by atoms with van der Waals surface area (Å²) in [6, 6.07) is 7.54. The van der Waals surface area contributed by atoms with Gasteiger partial charge in [-0.15, -0.1) is 0 Å². The second-order valence-electron chi connectivity index (χ2n) is 8.82. The highest BCUT2D eigenvalue weighted by molar-refractivity contribution is 7.90. The molecule has 4 rings (SSSR count). The van der Waals surface area contributed by atoms with Crippen LogP contribution >= 0.6 is 11.6 Å². The zero-order valence-corrected chi connectivity index (χ0v) is 19.5. The van der Waals surface area contributed by atoms with Crippen LogP contribution in [0.4, 0.5) is 4.39 Å². The van der Waals surface area contributed by atoms with Crippen LogP contribution in [-0.4, -0.2) is 54.8 Å². The molecular formula is C22H23ClFN3O5S. The van der Waals surface area contributed by atoms with Gasteiger partial charge >= 0.3 is 0 Å². The van der Waals surface area contributed by atoms with E-state index in [1.165, 1.54) is 4.90 Å². The Bertz CT molecular complexity index is 1290. The van der Waals surface area contributed by atoms with E-state index in [0.29, 0.717) is 17.9 Å². The number of aromatic nitrogens is 1. The summed E-state index contributed by atoms with van der Waals surface area (Å²) in [5.74, 6) is -2.42. The van der Waals surface area contributed by atoms with Crippen LogP contribution < -0.4 is 10.9 Å². The van der Waals surface area contributed by atoms with E-state index in [4.69, 9.17) is 11.6 Å². The van der Waals surface area contributed by atoms with Gasteiger partial charge in [-0.25, -0.2) is 12.8 Å². The van der Waals surface area contributed by atoms with Gasteiger partial charge in [-0.3, -0.25) is 19.0 Å². The maximum absolute atomic E-state index is 14.9. The number of benzene rings is 1. The van der Waals surface area contributed by atoms with Crippen molar-refractivity contribution in [3.63, 3.8) is 0 Å². The molecule has 0 saturated heterocycles. The Morgan fingerprint density at radius 1 is 1.18 bits per heavy atom. The average molecular weight is 496 g/mol. The molecule has 1 aromatic heterocycles. The smallest absolute Gasteiger partial charge is 0.273 e. The molecule has 0 atom stereocenters. The number of rotatable bonds is 7.